The fraction of sp³-hybridized carbons (Fsp3) is 0.483. The number of hydrogen-bond donors (Lipinski definition) is 3. The predicted octanol–water partition coefficient (Wildman–Crippen LogP) is 3.95. The summed E-state index contributed by atoms with van der Waals surface area (Å²) in [6, 6.07) is 10.0. The quantitative estimate of drug-likeness (QED) is 0.344. The summed E-state index contributed by atoms with van der Waals surface area (Å²) in [6.07, 6.45) is 6.47. The number of phenolic OH excluding ortho intramolecular Hbond substituents is 1. The minimum Gasteiger partial charge on any atom is -0.508 e. The molecule has 0 bridgehead atoms. The number of carbonyl (C=O) groups is 3. The summed E-state index contributed by atoms with van der Waals surface area (Å²) >= 11 is 0. The molecule has 0 spiro atoms. The van der Waals surface area contributed by atoms with Crippen LogP contribution in [0.3, 0.4) is 0 Å². The first-order chi connectivity index (χ1) is 18.4. The number of esters is 3. The number of ether oxygens (including phenoxy) is 3. The Morgan fingerprint density at radius 3 is 1.66 bits per heavy atom. The SMILES string of the molecule is NCC1CCC(C(=O)Oc2ccc(OC(=O)c3cc(O)ccc3OC(=O)C3CCC(CN)CC3)cc2)CC1. The summed E-state index contributed by atoms with van der Waals surface area (Å²) in [5.74, 6) is -0.570. The normalized spacial score (nSPS) is 23.3. The van der Waals surface area contributed by atoms with E-state index in [0.717, 1.165) is 38.5 Å². The molecule has 0 unspecified atom stereocenters. The molecule has 0 heterocycles. The van der Waals surface area contributed by atoms with Gasteiger partial charge in [0.25, 0.3) is 0 Å². The zero-order valence-electron chi connectivity index (χ0n) is 21.5. The monoisotopic (exact) mass is 524 g/mol. The third-order valence-corrected chi connectivity index (χ3v) is 7.67. The van der Waals surface area contributed by atoms with Crippen molar-refractivity contribution in [2.75, 3.05) is 13.1 Å². The number of aromatic hydroxyl groups is 1. The molecule has 2 aliphatic carbocycles. The first kappa shape index (κ1) is 27.6. The lowest BCUT2D eigenvalue weighted by atomic mass is 9.82. The number of hydrogen-bond acceptors (Lipinski definition) is 9. The molecule has 0 atom stereocenters. The molecule has 38 heavy (non-hydrogen) atoms. The van der Waals surface area contributed by atoms with Crippen LogP contribution in [-0.2, 0) is 9.59 Å². The molecule has 9 heteroatoms. The van der Waals surface area contributed by atoms with Crippen LogP contribution < -0.4 is 25.7 Å². The maximum Gasteiger partial charge on any atom is 0.347 e. The van der Waals surface area contributed by atoms with Crippen LogP contribution in [-0.4, -0.2) is 36.1 Å². The van der Waals surface area contributed by atoms with E-state index in [2.05, 4.69) is 0 Å². The number of rotatable bonds is 8. The van der Waals surface area contributed by atoms with Crippen molar-refractivity contribution in [1.29, 1.82) is 0 Å². The molecule has 2 aromatic carbocycles. The zero-order chi connectivity index (χ0) is 27.1. The van der Waals surface area contributed by atoms with E-state index in [1.807, 2.05) is 0 Å². The van der Waals surface area contributed by atoms with Crippen molar-refractivity contribution in [2.24, 2.45) is 35.1 Å². The minimum absolute atomic E-state index is 0.0219. The molecule has 9 nitrogen and oxygen atoms in total. The lowest BCUT2D eigenvalue weighted by molar-refractivity contribution is -0.141. The highest BCUT2D eigenvalue weighted by molar-refractivity contribution is 5.95. The Bertz CT molecular complexity index is 1120. The summed E-state index contributed by atoms with van der Waals surface area (Å²) in [5, 5.41) is 9.93. The van der Waals surface area contributed by atoms with E-state index in [1.165, 1.54) is 30.3 Å². The minimum atomic E-state index is -0.794. The predicted molar refractivity (Wildman–Crippen MR) is 140 cm³/mol. The van der Waals surface area contributed by atoms with Gasteiger partial charge in [0, 0.05) is 0 Å². The highest BCUT2D eigenvalue weighted by atomic mass is 16.6. The molecule has 0 aromatic heterocycles. The number of benzene rings is 2. The van der Waals surface area contributed by atoms with Crippen molar-refractivity contribution < 1.29 is 33.7 Å². The number of phenols is 1. The van der Waals surface area contributed by atoms with Crippen molar-refractivity contribution in [3.8, 4) is 23.0 Å². The molecular formula is C29H36N2O7. The zero-order valence-corrected chi connectivity index (χ0v) is 21.5. The van der Waals surface area contributed by atoms with Crippen LogP contribution in [0, 0.1) is 23.7 Å². The van der Waals surface area contributed by atoms with Crippen LogP contribution in [0.4, 0.5) is 0 Å². The second-order valence-electron chi connectivity index (χ2n) is 10.3. The van der Waals surface area contributed by atoms with Crippen LogP contribution in [0.1, 0.15) is 61.7 Å². The van der Waals surface area contributed by atoms with Crippen molar-refractivity contribution >= 4 is 17.9 Å². The molecule has 2 saturated carbocycles. The second kappa shape index (κ2) is 12.9. The number of nitrogens with two attached hydrogens (primary N) is 2. The largest absolute Gasteiger partial charge is 0.508 e. The van der Waals surface area contributed by atoms with Crippen LogP contribution in [0.15, 0.2) is 42.5 Å². The van der Waals surface area contributed by atoms with Crippen molar-refractivity contribution in [1.82, 2.24) is 0 Å². The van der Waals surface area contributed by atoms with Crippen molar-refractivity contribution in [2.45, 2.75) is 51.4 Å². The van der Waals surface area contributed by atoms with Gasteiger partial charge in [0.2, 0.25) is 0 Å². The maximum absolute atomic E-state index is 12.9. The Hall–Kier alpha value is -3.43. The lowest BCUT2D eigenvalue weighted by Gasteiger charge is -2.26. The molecule has 0 amide bonds. The van der Waals surface area contributed by atoms with Gasteiger partial charge in [-0.2, -0.15) is 0 Å². The van der Waals surface area contributed by atoms with E-state index in [4.69, 9.17) is 25.7 Å². The van der Waals surface area contributed by atoms with E-state index in [0.29, 0.717) is 43.5 Å². The van der Waals surface area contributed by atoms with E-state index in [9.17, 15) is 19.5 Å². The Kier molecular flexibility index (Phi) is 9.36. The second-order valence-corrected chi connectivity index (χ2v) is 10.3. The van der Waals surface area contributed by atoms with Gasteiger partial charge < -0.3 is 30.8 Å². The summed E-state index contributed by atoms with van der Waals surface area (Å²) in [4.78, 5) is 38.2. The molecule has 0 radical (unpaired) electrons. The van der Waals surface area contributed by atoms with E-state index in [1.54, 1.807) is 12.1 Å². The van der Waals surface area contributed by atoms with E-state index in [-0.39, 0.29) is 40.6 Å². The average molecular weight is 525 g/mol. The van der Waals surface area contributed by atoms with Gasteiger partial charge in [-0.05, 0) is 119 Å². The molecule has 2 aromatic rings. The molecule has 0 aliphatic heterocycles. The first-order valence-electron chi connectivity index (χ1n) is 13.3. The molecule has 2 aliphatic rings. The maximum atomic E-state index is 12.9. The Balaban J connectivity index is 1.35. The molecule has 4 rings (SSSR count). The smallest absolute Gasteiger partial charge is 0.347 e. The lowest BCUT2D eigenvalue weighted by Crippen LogP contribution is -2.28. The highest BCUT2D eigenvalue weighted by Crippen LogP contribution is 2.32. The van der Waals surface area contributed by atoms with Crippen LogP contribution in [0.2, 0.25) is 0 Å². The Morgan fingerprint density at radius 1 is 0.684 bits per heavy atom. The highest BCUT2D eigenvalue weighted by Gasteiger charge is 2.29. The van der Waals surface area contributed by atoms with Gasteiger partial charge in [-0.3, -0.25) is 9.59 Å². The van der Waals surface area contributed by atoms with E-state index >= 15 is 0 Å². The van der Waals surface area contributed by atoms with Gasteiger partial charge in [0.15, 0.2) is 0 Å². The fourth-order valence-electron chi connectivity index (χ4n) is 5.16. The van der Waals surface area contributed by atoms with Gasteiger partial charge in [0.1, 0.15) is 28.6 Å². The Labute approximate surface area is 222 Å². The summed E-state index contributed by atoms with van der Waals surface area (Å²) in [7, 11) is 0. The topological polar surface area (TPSA) is 151 Å². The molecule has 204 valence electrons. The summed E-state index contributed by atoms with van der Waals surface area (Å²) < 4.78 is 16.5. The van der Waals surface area contributed by atoms with Crippen LogP contribution in [0.5, 0.6) is 23.0 Å². The van der Waals surface area contributed by atoms with Gasteiger partial charge >= 0.3 is 17.9 Å². The Morgan fingerprint density at radius 2 is 1.16 bits per heavy atom. The summed E-state index contributed by atoms with van der Waals surface area (Å²) in [5.41, 5.74) is 11.4. The standard InChI is InChI=1S/C29H36N2O7/c30-16-18-1-5-20(6-2-18)27(33)36-23-10-12-24(13-11-23)37-29(35)25-15-22(32)9-14-26(25)38-28(34)21-7-3-19(17-31)4-8-21/h9-15,18-21,32H,1-8,16-17,30-31H2. The fourth-order valence-corrected chi connectivity index (χ4v) is 5.16. The van der Waals surface area contributed by atoms with Crippen LogP contribution >= 0.6 is 0 Å². The molecule has 2 fully saturated rings. The van der Waals surface area contributed by atoms with Crippen LogP contribution in [0.25, 0.3) is 0 Å². The van der Waals surface area contributed by atoms with Crippen molar-refractivity contribution in [3.63, 3.8) is 0 Å². The third kappa shape index (κ3) is 7.11. The molecule has 5 N–H and O–H groups in total. The van der Waals surface area contributed by atoms with Crippen molar-refractivity contribution in [3.05, 3.63) is 48.0 Å². The number of carbonyl (C=O) groups excluding carboxylic acids is 3. The van der Waals surface area contributed by atoms with Gasteiger partial charge in [0.05, 0.1) is 11.8 Å². The van der Waals surface area contributed by atoms with Gasteiger partial charge in [-0.25, -0.2) is 4.79 Å². The molecule has 0 saturated heterocycles. The first-order valence-corrected chi connectivity index (χ1v) is 13.3. The van der Waals surface area contributed by atoms with Gasteiger partial charge in [-0.15, -0.1) is 0 Å². The average Bonchev–Trinajstić information content (AvgIpc) is 2.95. The van der Waals surface area contributed by atoms with E-state index < -0.39 is 11.9 Å². The third-order valence-electron chi connectivity index (χ3n) is 7.67. The summed E-state index contributed by atoms with van der Waals surface area (Å²) in [6.45, 7) is 1.25. The van der Waals surface area contributed by atoms with Gasteiger partial charge in [-0.1, -0.05) is 0 Å². The molecular weight excluding hydrogens is 488 g/mol.